The first-order valence-corrected chi connectivity index (χ1v) is 8.89. The third-order valence-corrected chi connectivity index (χ3v) is 4.72. The highest BCUT2D eigenvalue weighted by molar-refractivity contribution is 7.13. The first-order valence-electron chi connectivity index (χ1n) is 8.01. The van der Waals surface area contributed by atoms with Gasteiger partial charge in [0.05, 0.1) is 21.7 Å². The Bertz CT molecular complexity index is 1090. The lowest BCUT2D eigenvalue weighted by Gasteiger charge is -2.09. The van der Waals surface area contributed by atoms with E-state index < -0.39 is 18.4 Å². The Morgan fingerprint density at radius 1 is 1.26 bits per heavy atom. The number of ether oxygens (including phenoxy) is 1. The van der Waals surface area contributed by atoms with E-state index in [1.807, 2.05) is 29.6 Å². The van der Waals surface area contributed by atoms with Crippen LogP contribution in [0.2, 0.25) is 0 Å². The van der Waals surface area contributed by atoms with E-state index in [1.54, 1.807) is 24.3 Å². The van der Waals surface area contributed by atoms with Gasteiger partial charge in [-0.15, -0.1) is 11.3 Å². The average Bonchev–Trinajstić information content (AvgIpc) is 3.20. The number of allylic oxidation sites excluding steroid dienone is 1. The van der Waals surface area contributed by atoms with E-state index >= 15 is 0 Å². The van der Waals surface area contributed by atoms with Crippen LogP contribution in [-0.4, -0.2) is 23.3 Å². The van der Waals surface area contributed by atoms with E-state index in [1.165, 1.54) is 18.3 Å². The number of fused-ring (bicyclic) bond motifs is 1. The largest absolute Gasteiger partial charge is 0.454 e. The van der Waals surface area contributed by atoms with Crippen LogP contribution < -0.4 is 5.73 Å². The summed E-state index contributed by atoms with van der Waals surface area (Å²) in [6.45, 7) is 0.892. The van der Waals surface area contributed by atoms with E-state index in [4.69, 9.17) is 15.7 Å². The summed E-state index contributed by atoms with van der Waals surface area (Å²) in [6.07, 6.45) is 0. The lowest BCUT2D eigenvalue weighted by molar-refractivity contribution is -0.118. The third-order valence-electron chi connectivity index (χ3n) is 3.83. The van der Waals surface area contributed by atoms with Crippen molar-refractivity contribution < 1.29 is 14.3 Å². The number of para-hydroxylation sites is 1. The molecule has 2 aromatic heterocycles. The molecule has 2 N–H and O–H groups in total. The van der Waals surface area contributed by atoms with Crippen molar-refractivity contribution >= 4 is 34.0 Å². The maximum Gasteiger partial charge on any atom is 0.339 e. The molecule has 3 aromatic rings. The van der Waals surface area contributed by atoms with Crippen molar-refractivity contribution in [3.63, 3.8) is 0 Å². The molecule has 0 amide bonds. The van der Waals surface area contributed by atoms with Gasteiger partial charge in [-0.3, -0.25) is 4.79 Å². The molecule has 0 radical (unpaired) electrons. The quantitative estimate of drug-likeness (QED) is 0.415. The van der Waals surface area contributed by atoms with Gasteiger partial charge in [0.25, 0.3) is 0 Å². The molecule has 0 saturated heterocycles. The number of nitriles is 1. The van der Waals surface area contributed by atoms with Gasteiger partial charge in [0, 0.05) is 11.1 Å². The number of aromatic nitrogens is 1. The summed E-state index contributed by atoms with van der Waals surface area (Å²) in [7, 11) is 0. The number of hydrogen-bond donors (Lipinski definition) is 1. The maximum absolute atomic E-state index is 12.6. The van der Waals surface area contributed by atoms with E-state index in [0.717, 1.165) is 4.88 Å². The summed E-state index contributed by atoms with van der Waals surface area (Å²) in [4.78, 5) is 30.2. The first-order chi connectivity index (χ1) is 13.0. The summed E-state index contributed by atoms with van der Waals surface area (Å²) >= 11 is 1.51. The average molecular weight is 377 g/mol. The molecule has 0 aliphatic heterocycles. The second-order valence-corrected chi connectivity index (χ2v) is 6.67. The van der Waals surface area contributed by atoms with E-state index in [0.29, 0.717) is 22.2 Å². The van der Waals surface area contributed by atoms with E-state index in [2.05, 4.69) is 4.98 Å². The molecule has 0 fully saturated rings. The fraction of sp³-hybridized carbons (Fsp3) is 0.100. The van der Waals surface area contributed by atoms with Crippen molar-refractivity contribution in [2.24, 2.45) is 5.73 Å². The lowest BCUT2D eigenvalue weighted by Crippen LogP contribution is -2.18. The van der Waals surface area contributed by atoms with Crippen LogP contribution >= 0.6 is 11.3 Å². The van der Waals surface area contributed by atoms with Crippen molar-refractivity contribution in [2.45, 2.75) is 6.92 Å². The van der Waals surface area contributed by atoms with Crippen LogP contribution in [0.5, 0.6) is 0 Å². The number of nitrogens with zero attached hydrogens (tertiary/aromatic N) is 2. The fourth-order valence-corrected chi connectivity index (χ4v) is 3.23. The van der Waals surface area contributed by atoms with Gasteiger partial charge in [0.15, 0.2) is 6.61 Å². The Morgan fingerprint density at radius 2 is 2.04 bits per heavy atom. The minimum atomic E-state index is -0.660. The predicted molar refractivity (Wildman–Crippen MR) is 103 cm³/mol. The van der Waals surface area contributed by atoms with Crippen LogP contribution in [-0.2, 0) is 9.53 Å². The molecular formula is C20H15N3O3S. The van der Waals surface area contributed by atoms with Gasteiger partial charge >= 0.3 is 5.97 Å². The third kappa shape index (κ3) is 3.86. The highest BCUT2D eigenvalue weighted by atomic mass is 32.1. The number of rotatable bonds is 5. The molecule has 0 aliphatic carbocycles. The van der Waals surface area contributed by atoms with Crippen LogP contribution in [0.15, 0.2) is 59.1 Å². The Kier molecular flexibility index (Phi) is 5.29. The molecule has 2 heterocycles. The van der Waals surface area contributed by atoms with Crippen molar-refractivity contribution in [1.82, 2.24) is 4.98 Å². The van der Waals surface area contributed by atoms with Crippen LogP contribution in [0.1, 0.15) is 17.3 Å². The normalized spacial score (nSPS) is 11.6. The number of benzene rings is 1. The highest BCUT2D eigenvalue weighted by Crippen LogP contribution is 2.28. The van der Waals surface area contributed by atoms with Gasteiger partial charge in [0.1, 0.15) is 11.6 Å². The van der Waals surface area contributed by atoms with E-state index in [9.17, 15) is 9.59 Å². The van der Waals surface area contributed by atoms with E-state index in [-0.39, 0.29) is 11.3 Å². The van der Waals surface area contributed by atoms with Gasteiger partial charge in [-0.1, -0.05) is 24.3 Å². The molecule has 0 spiro atoms. The fourth-order valence-electron chi connectivity index (χ4n) is 2.55. The number of thiophene rings is 1. The number of ketones is 1. The summed E-state index contributed by atoms with van der Waals surface area (Å²) in [5.74, 6) is -1.30. The smallest absolute Gasteiger partial charge is 0.339 e. The summed E-state index contributed by atoms with van der Waals surface area (Å²) in [6, 6.07) is 14.4. The Labute approximate surface area is 159 Å². The van der Waals surface area contributed by atoms with Crippen molar-refractivity contribution in [3.05, 3.63) is 64.7 Å². The number of esters is 1. The predicted octanol–water partition coefficient (Wildman–Crippen LogP) is 3.45. The molecule has 3 rings (SSSR count). The van der Waals surface area contributed by atoms with Crippen molar-refractivity contribution in [2.75, 3.05) is 6.61 Å². The number of carbonyl (C=O) groups excluding carboxylic acids is 2. The van der Waals surface area contributed by atoms with Crippen LogP contribution in [0, 0.1) is 11.3 Å². The van der Waals surface area contributed by atoms with Crippen LogP contribution in [0.3, 0.4) is 0 Å². The molecule has 134 valence electrons. The summed E-state index contributed by atoms with van der Waals surface area (Å²) < 4.78 is 5.15. The zero-order valence-corrected chi connectivity index (χ0v) is 15.2. The van der Waals surface area contributed by atoms with Gasteiger partial charge in [-0.05, 0) is 30.5 Å². The zero-order chi connectivity index (χ0) is 19.4. The number of Topliss-reactive ketones (excluding diaryl/α,β-unsaturated/α-hetero) is 1. The van der Waals surface area contributed by atoms with Crippen LogP contribution in [0.25, 0.3) is 21.5 Å². The zero-order valence-electron chi connectivity index (χ0n) is 14.4. The molecule has 0 saturated carbocycles. The highest BCUT2D eigenvalue weighted by Gasteiger charge is 2.18. The van der Waals surface area contributed by atoms with Crippen molar-refractivity contribution in [3.8, 4) is 16.6 Å². The van der Waals surface area contributed by atoms with Gasteiger partial charge in [-0.25, -0.2) is 9.78 Å². The second-order valence-electron chi connectivity index (χ2n) is 5.72. The number of hydrogen-bond acceptors (Lipinski definition) is 7. The molecule has 0 atom stereocenters. The standard InChI is InChI=1S/C20H15N3O3S/c1-12(22)15(10-21)18(24)11-26-20(25)14-9-17(19-7-4-8-27-19)23-16-6-3-2-5-13(14)16/h2-9H,11,22H2,1H3. The SMILES string of the molecule is CC(N)=C(C#N)C(=O)COC(=O)c1cc(-c2cccs2)nc2ccccc12. The molecule has 27 heavy (non-hydrogen) atoms. The molecule has 0 aliphatic rings. The van der Waals surface area contributed by atoms with Gasteiger partial charge in [0.2, 0.25) is 5.78 Å². The second kappa shape index (κ2) is 7.81. The minimum Gasteiger partial charge on any atom is -0.454 e. The van der Waals surface area contributed by atoms with Crippen molar-refractivity contribution in [1.29, 1.82) is 5.26 Å². The Balaban J connectivity index is 1.94. The number of nitrogens with two attached hydrogens (primary N) is 1. The summed E-state index contributed by atoms with van der Waals surface area (Å²) in [5.41, 5.74) is 7.00. The minimum absolute atomic E-state index is 0.0906. The molecule has 0 unspecified atom stereocenters. The molecule has 6 nitrogen and oxygen atoms in total. The molecule has 0 bridgehead atoms. The topological polar surface area (TPSA) is 106 Å². The van der Waals surface area contributed by atoms with Crippen LogP contribution in [0.4, 0.5) is 0 Å². The Morgan fingerprint density at radius 3 is 2.70 bits per heavy atom. The lowest BCUT2D eigenvalue weighted by atomic mass is 10.1. The monoisotopic (exact) mass is 377 g/mol. The molecular weight excluding hydrogens is 362 g/mol. The maximum atomic E-state index is 12.6. The number of carbonyl (C=O) groups is 2. The first kappa shape index (κ1) is 18.3. The molecule has 7 heteroatoms. The molecule has 1 aromatic carbocycles. The Hall–Kier alpha value is -3.50. The van der Waals surface area contributed by atoms with Gasteiger partial charge in [-0.2, -0.15) is 5.26 Å². The van der Waals surface area contributed by atoms with Gasteiger partial charge < -0.3 is 10.5 Å². The number of pyridine rings is 1. The summed E-state index contributed by atoms with van der Waals surface area (Å²) in [5, 5.41) is 11.5.